The first-order valence-electron chi connectivity index (χ1n) is 7.49. The average Bonchev–Trinajstić information content (AvgIpc) is 2.50. The minimum Gasteiger partial charge on any atom is -0.439 e. The highest BCUT2D eigenvalue weighted by Gasteiger charge is 2.17. The van der Waals surface area contributed by atoms with Crippen molar-refractivity contribution in [2.45, 2.75) is 26.7 Å². The maximum atomic E-state index is 9.23. The van der Waals surface area contributed by atoms with Gasteiger partial charge in [0.2, 0.25) is 11.8 Å². The van der Waals surface area contributed by atoms with Crippen LogP contribution in [0.3, 0.4) is 0 Å². The van der Waals surface area contributed by atoms with Crippen LogP contribution < -0.4 is 11.1 Å². The molecule has 7 nitrogen and oxygen atoms in total. The molecular weight excluding hydrogens is 294 g/mol. The third-order valence-electron chi connectivity index (χ3n) is 3.48. The van der Waals surface area contributed by atoms with Crippen molar-refractivity contribution in [3.63, 3.8) is 0 Å². The van der Waals surface area contributed by atoms with Crippen LogP contribution in [0.15, 0.2) is 25.0 Å². The normalized spacial score (nSPS) is 11.6. The summed E-state index contributed by atoms with van der Waals surface area (Å²) < 4.78 is 5.29. The van der Waals surface area contributed by atoms with E-state index in [4.69, 9.17) is 15.9 Å². The van der Waals surface area contributed by atoms with Crippen LogP contribution in [0.4, 0.5) is 11.8 Å². The average molecular weight is 319 g/mol. The molecule has 0 aliphatic carbocycles. The van der Waals surface area contributed by atoms with Gasteiger partial charge < -0.3 is 20.9 Å². The van der Waals surface area contributed by atoms with Crippen molar-refractivity contribution in [2.24, 2.45) is 5.92 Å². The van der Waals surface area contributed by atoms with Crippen molar-refractivity contribution in [3.05, 3.63) is 36.3 Å². The zero-order valence-corrected chi connectivity index (χ0v) is 13.7. The van der Waals surface area contributed by atoms with Crippen LogP contribution in [0.5, 0.6) is 0 Å². The lowest BCUT2D eigenvalue weighted by molar-refractivity contribution is 0.217. The number of rotatable bonds is 9. The predicted molar refractivity (Wildman–Crippen MR) is 92.4 cm³/mol. The molecule has 0 spiro atoms. The summed E-state index contributed by atoms with van der Waals surface area (Å²) in [4.78, 5) is 8.23. The number of aryl methyl sites for hydroxylation is 1. The Bertz CT molecular complexity index is 582. The van der Waals surface area contributed by atoms with Gasteiger partial charge in [-0.1, -0.05) is 26.5 Å². The first kappa shape index (κ1) is 18.6. The molecule has 0 saturated heterocycles. The highest BCUT2D eigenvalue weighted by atomic mass is 16.5. The van der Waals surface area contributed by atoms with Crippen LogP contribution in [-0.2, 0) is 4.74 Å². The smallest absolute Gasteiger partial charge is 0.224 e. The molecule has 0 amide bonds. The maximum Gasteiger partial charge on any atom is 0.224 e. The highest BCUT2D eigenvalue weighted by Crippen LogP contribution is 2.20. The summed E-state index contributed by atoms with van der Waals surface area (Å²) in [6.45, 7) is 11.7. The second-order valence-corrected chi connectivity index (χ2v) is 5.16. The predicted octanol–water partition coefficient (Wildman–Crippen LogP) is 2.23. The summed E-state index contributed by atoms with van der Waals surface area (Å²) in [6.07, 6.45) is 3.10. The fourth-order valence-electron chi connectivity index (χ4n) is 2.04. The second kappa shape index (κ2) is 8.89. The van der Waals surface area contributed by atoms with Crippen LogP contribution in [0.2, 0.25) is 0 Å². The lowest BCUT2D eigenvalue weighted by Crippen LogP contribution is -2.18. The van der Waals surface area contributed by atoms with Gasteiger partial charge in [-0.15, -0.1) is 0 Å². The molecule has 0 aromatic carbocycles. The third-order valence-corrected chi connectivity index (χ3v) is 3.48. The number of hydrogen-bond donors (Lipinski definition) is 4. The molecule has 23 heavy (non-hydrogen) atoms. The molecule has 0 fully saturated rings. The standard InChI is InChI=1S/C16H25N5O2/c1-5-10(3)23-14(17)13-11(4)20-16(18)21-15(13)19-8-7-12(6-2)9-22/h5,12,17,22H,1,3,6-9H2,2,4H3,(H3,18,19,20,21). The van der Waals surface area contributed by atoms with E-state index in [1.807, 2.05) is 6.92 Å². The molecule has 1 atom stereocenters. The molecule has 7 heteroatoms. The fourth-order valence-corrected chi connectivity index (χ4v) is 2.04. The second-order valence-electron chi connectivity index (χ2n) is 5.16. The number of nitrogens with one attached hydrogen (secondary N) is 2. The summed E-state index contributed by atoms with van der Waals surface area (Å²) in [7, 11) is 0. The van der Waals surface area contributed by atoms with Crippen molar-refractivity contribution in [1.29, 1.82) is 5.41 Å². The zero-order chi connectivity index (χ0) is 17.4. The van der Waals surface area contributed by atoms with Gasteiger partial charge in [0.15, 0.2) is 0 Å². The molecule has 1 rings (SSSR count). The SMILES string of the molecule is C=CC(=C)OC(=N)c1c(C)nc(N)nc1NCCC(CC)CO. The quantitative estimate of drug-likeness (QED) is 0.240. The van der Waals surface area contributed by atoms with E-state index in [0.717, 1.165) is 12.8 Å². The summed E-state index contributed by atoms with van der Waals surface area (Å²) in [5.74, 6) is 0.929. The Hall–Kier alpha value is -2.41. The van der Waals surface area contributed by atoms with Crippen molar-refractivity contribution < 1.29 is 9.84 Å². The third kappa shape index (κ3) is 5.37. The molecular formula is C16H25N5O2. The van der Waals surface area contributed by atoms with Gasteiger partial charge in [0, 0.05) is 13.2 Å². The van der Waals surface area contributed by atoms with Crippen molar-refractivity contribution in [2.75, 3.05) is 24.2 Å². The monoisotopic (exact) mass is 319 g/mol. The maximum absolute atomic E-state index is 9.23. The number of aromatic nitrogens is 2. The van der Waals surface area contributed by atoms with E-state index in [0.29, 0.717) is 23.6 Å². The molecule has 0 saturated carbocycles. The zero-order valence-electron chi connectivity index (χ0n) is 13.7. The number of hydrogen-bond acceptors (Lipinski definition) is 7. The Morgan fingerprint density at radius 2 is 2.22 bits per heavy atom. The molecule has 1 aromatic heterocycles. The molecule has 0 aliphatic rings. The van der Waals surface area contributed by atoms with E-state index in [-0.39, 0.29) is 30.1 Å². The molecule has 126 valence electrons. The van der Waals surface area contributed by atoms with Crippen molar-refractivity contribution >= 4 is 17.7 Å². The summed E-state index contributed by atoms with van der Waals surface area (Å²) in [6, 6.07) is 0. The number of anilines is 2. The molecule has 1 heterocycles. The Balaban J connectivity index is 2.94. The van der Waals surface area contributed by atoms with Gasteiger partial charge in [0.1, 0.15) is 17.1 Å². The lowest BCUT2D eigenvalue weighted by Gasteiger charge is -2.16. The molecule has 0 bridgehead atoms. The van der Waals surface area contributed by atoms with Gasteiger partial charge in [0.25, 0.3) is 0 Å². The van der Waals surface area contributed by atoms with Gasteiger partial charge in [-0.05, 0) is 25.3 Å². The Labute approximate surface area is 136 Å². The molecule has 0 radical (unpaired) electrons. The van der Waals surface area contributed by atoms with Gasteiger partial charge in [0.05, 0.1) is 5.69 Å². The van der Waals surface area contributed by atoms with Gasteiger partial charge in [-0.25, -0.2) is 4.98 Å². The number of aliphatic hydroxyl groups is 1. The number of allylic oxidation sites excluding steroid dienone is 1. The van der Waals surface area contributed by atoms with Crippen LogP contribution in [-0.4, -0.2) is 34.1 Å². The number of nitrogens with two attached hydrogens (primary N) is 1. The van der Waals surface area contributed by atoms with E-state index in [2.05, 4.69) is 28.4 Å². The molecule has 1 aromatic rings. The van der Waals surface area contributed by atoms with Crippen molar-refractivity contribution in [1.82, 2.24) is 9.97 Å². The van der Waals surface area contributed by atoms with E-state index >= 15 is 0 Å². The number of nitrogens with zero attached hydrogens (tertiary/aromatic N) is 2. The van der Waals surface area contributed by atoms with E-state index in [1.54, 1.807) is 6.92 Å². The van der Waals surface area contributed by atoms with Crippen LogP contribution in [0.1, 0.15) is 31.0 Å². The van der Waals surface area contributed by atoms with E-state index in [1.165, 1.54) is 6.08 Å². The Kier molecular flexibility index (Phi) is 7.21. The minimum atomic E-state index is -0.121. The topological polar surface area (TPSA) is 117 Å². The van der Waals surface area contributed by atoms with Crippen LogP contribution in [0.25, 0.3) is 0 Å². The van der Waals surface area contributed by atoms with Gasteiger partial charge in [-0.2, -0.15) is 4.98 Å². The largest absolute Gasteiger partial charge is 0.439 e. The van der Waals surface area contributed by atoms with Gasteiger partial charge in [-0.3, -0.25) is 5.41 Å². The first-order valence-corrected chi connectivity index (χ1v) is 7.49. The fraction of sp³-hybridized carbons (Fsp3) is 0.438. The molecule has 1 unspecified atom stereocenters. The number of nitrogen functional groups attached to an aromatic ring is 1. The van der Waals surface area contributed by atoms with Crippen LogP contribution in [0, 0.1) is 18.3 Å². The van der Waals surface area contributed by atoms with E-state index in [9.17, 15) is 5.11 Å². The summed E-state index contributed by atoms with van der Waals surface area (Å²) >= 11 is 0. The van der Waals surface area contributed by atoms with Crippen molar-refractivity contribution in [3.8, 4) is 0 Å². The lowest BCUT2D eigenvalue weighted by atomic mass is 10.0. The van der Waals surface area contributed by atoms with Crippen LogP contribution >= 0.6 is 0 Å². The summed E-state index contributed by atoms with van der Waals surface area (Å²) in [5, 5.41) is 20.5. The minimum absolute atomic E-state index is 0.121. The Morgan fingerprint density at radius 3 is 2.78 bits per heavy atom. The number of aliphatic hydroxyl groups excluding tert-OH is 1. The molecule has 0 aliphatic heterocycles. The van der Waals surface area contributed by atoms with E-state index < -0.39 is 0 Å². The molecule has 5 N–H and O–H groups in total. The summed E-state index contributed by atoms with van der Waals surface area (Å²) in [5.41, 5.74) is 6.66. The Morgan fingerprint density at radius 1 is 1.52 bits per heavy atom. The van der Waals surface area contributed by atoms with Gasteiger partial charge >= 0.3 is 0 Å². The number of ether oxygens (including phenoxy) is 1. The first-order chi connectivity index (χ1) is 10.9. The highest BCUT2D eigenvalue weighted by molar-refractivity contribution is 5.98.